The summed E-state index contributed by atoms with van der Waals surface area (Å²) in [6.45, 7) is 4.84. The van der Waals surface area contributed by atoms with Crippen molar-refractivity contribution in [3.8, 4) is 0 Å². The number of likely N-dealkylation sites (tertiary alicyclic amines) is 1. The molecule has 1 atom stereocenters. The first-order valence-electron chi connectivity index (χ1n) is 10.7. The highest BCUT2D eigenvalue weighted by Gasteiger charge is 2.38. The molecule has 4 heterocycles. The number of benzene rings is 1. The molecule has 2 aromatic rings. The Kier molecular flexibility index (Phi) is 7.67. The molecule has 3 aliphatic heterocycles. The van der Waals surface area contributed by atoms with Gasteiger partial charge in [0.1, 0.15) is 12.8 Å². The lowest BCUT2D eigenvalue weighted by atomic mass is 9.97. The Bertz CT molecular complexity index is 1080. The molecule has 0 saturated carbocycles. The highest BCUT2D eigenvalue weighted by Crippen LogP contribution is 2.32. The van der Waals surface area contributed by atoms with Crippen molar-refractivity contribution in [1.29, 1.82) is 0 Å². The zero-order chi connectivity index (χ0) is 20.8. The molecule has 9 nitrogen and oxygen atoms in total. The Hall–Kier alpha value is -1.91. The third-order valence-corrected chi connectivity index (χ3v) is 6.67. The molecule has 0 spiro atoms. The maximum absolute atomic E-state index is 13.3. The Morgan fingerprint density at radius 2 is 1.78 bits per heavy atom. The minimum atomic E-state index is -0.754. The monoisotopic (exact) mass is 485 g/mol. The summed E-state index contributed by atoms with van der Waals surface area (Å²) in [5.74, 6) is -0.889. The molecular weight excluding hydrogens is 457 g/mol. The number of imide groups is 1. The lowest BCUT2D eigenvalue weighted by Crippen LogP contribution is -2.48. The van der Waals surface area contributed by atoms with E-state index in [-0.39, 0.29) is 49.3 Å². The number of carbonyl (C=O) groups is 2. The molecule has 2 saturated heterocycles. The second kappa shape index (κ2) is 9.93. The van der Waals surface area contributed by atoms with E-state index in [1.54, 1.807) is 9.13 Å². The number of hydrogen-bond donors (Lipinski definition) is 2. The topological polar surface area (TPSA) is 99.8 Å². The Balaban J connectivity index is 0.00000144. The highest BCUT2D eigenvalue weighted by atomic mass is 35.5. The zero-order valence-corrected chi connectivity index (χ0v) is 19.4. The van der Waals surface area contributed by atoms with Gasteiger partial charge in [-0.3, -0.25) is 28.5 Å². The number of piperidine rings is 1. The Labute approximate surface area is 198 Å². The van der Waals surface area contributed by atoms with E-state index in [1.165, 1.54) is 11.1 Å². The summed E-state index contributed by atoms with van der Waals surface area (Å²) in [7, 11) is 0. The number of hydrogen-bond acceptors (Lipinski definition) is 6. The summed E-state index contributed by atoms with van der Waals surface area (Å²) in [5, 5.41) is 12.8. The van der Waals surface area contributed by atoms with Crippen molar-refractivity contribution in [2.24, 2.45) is 0 Å². The molecule has 0 aliphatic carbocycles. The van der Waals surface area contributed by atoms with Gasteiger partial charge in [0.05, 0.1) is 11.0 Å². The third-order valence-electron chi connectivity index (χ3n) is 6.67. The normalized spacial score (nSPS) is 21.4. The number of rotatable bonds is 4. The van der Waals surface area contributed by atoms with Crippen molar-refractivity contribution in [3.63, 3.8) is 0 Å². The van der Waals surface area contributed by atoms with Crippen LogP contribution in [0.5, 0.6) is 0 Å². The maximum Gasteiger partial charge on any atom is 0.329 e. The van der Waals surface area contributed by atoms with E-state index < -0.39 is 18.7 Å². The maximum atomic E-state index is 13.3. The fraction of sp³-hybridized carbons (Fsp3) is 0.571. The summed E-state index contributed by atoms with van der Waals surface area (Å²) < 4.78 is 3.35. The quantitative estimate of drug-likeness (QED) is 0.616. The zero-order valence-electron chi connectivity index (χ0n) is 17.8. The van der Waals surface area contributed by atoms with Crippen molar-refractivity contribution in [2.45, 2.75) is 44.8 Å². The summed E-state index contributed by atoms with van der Waals surface area (Å²) in [6, 6.07) is 3.29. The number of nitrogens with zero attached hydrogens (tertiary/aromatic N) is 4. The van der Waals surface area contributed by atoms with Crippen LogP contribution < -0.4 is 11.0 Å². The summed E-state index contributed by atoms with van der Waals surface area (Å²) >= 11 is 0. The van der Waals surface area contributed by atoms with Crippen molar-refractivity contribution in [2.75, 3.05) is 32.9 Å². The second-order valence-electron chi connectivity index (χ2n) is 8.36. The first kappa shape index (κ1) is 24.7. The number of aryl methyl sites for hydroxylation is 2. The fourth-order valence-electron chi connectivity index (χ4n) is 5.16. The number of nitrogens with one attached hydrogen (secondary N) is 1. The lowest BCUT2D eigenvalue weighted by molar-refractivity contribution is -0.155. The van der Waals surface area contributed by atoms with Gasteiger partial charge in [-0.15, -0.1) is 24.8 Å². The molecular formula is C21H29Cl2N5O4. The standard InChI is InChI=1S/C21H27N5O4.2ClH/c27-13-25-18(28)6-5-17(20(25)29)26-16-4-3-14(12-23-10-7-22-8-11-23)15-2-1-9-24(19(15)16)21(26)30;;/h3-4,17,22,27H,1-2,5-13H2;2*1H. The number of imidazole rings is 1. The summed E-state index contributed by atoms with van der Waals surface area (Å²) in [4.78, 5) is 41.4. The molecule has 2 fully saturated rings. The van der Waals surface area contributed by atoms with Crippen LogP contribution in [0, 0.1) is 0 Å². The molecule has 11 heteroatoms. The number of halogens is 2. The first-order chi connectivity index (χ1) is 14.6. The van der Waals surface area contributed by atoms with Crippen LogP contribution in [0.4, 0.5) is 0 Å². The predicted octanol–water partition coefficient (Wildman–Crippen LogP) is 0.638. The van der Waals surface area contributed by atoms with Crippen LogP contribution in [0.1, 0.15) is 36.4 Å². The van der Waals surface area contributed by atoms with E-state index in [4.69, 9.17) is 0 Å². The minimum absolute atomic E-state index is 0. The molecule has 0 radical (unpaired) electrons. The number of aliphatic hydroxyl groups is 1. The van der Waals surface area contributed by atoms with Crippen molar-refractivity contribution in [1.82, 2.24) is 24.3 Å². The van der Waals surface area contributed by atoms with Crippen LogP contribution in [-0.4, -0.2) is 68.8 Å². The van der Waals surface area contributed by atoms with E-state index in [1.807, 2.05) is 6.07 Å². The van der Waals surface area contributed by atoms with Crippen LogP contribution in [0.2, 0.25) is 0 Å². The van der Waals surface area contributed by atoms with Gasteiger partial charge in [0, 0.05) is 45.7 Å². The van der Waals surface area contributed by atoms with Gasteiger partial charge in [0.15, 0.2) is 0 Å². The highest BCUT2D eigenvalue weighted by molar-refractivity contribution is 6.00. The smallest absolute Gasteiger partial charge is 0.329 e. The molecule has 176 valence electrons. The van der Waals surface area contributed by atoms with Gasteiger partial charge >= 0.3 is 5.69 Å². The first-order valence-corrected chi connectivity index (χ1v) is 10.7. The number of amides is 2. The van der Waals surface area contributed by atoms with E-state index in [0.717, 1.165) is 61.5 Å². The van der Waals surface area contributed by atoms with Crippen molar-refractivity contribution >= 4 is 47.7 Å². The van der Waals surface area contributed by atoms with Gasteiger partial charge in [-0.2, -0.15) is 0 Å². The number of piperazine rings is 1. The van der Waals surface area contributed by atoms with E-state index in [2.05, 4.69) is 16.3 Å². The molecule has 2 amide bonds. The van der Waals surface area contributed by atoms with Crippen LogP contribution in [0.25, 0.3) is 11.0 Å². The molecule has 0 bridgehead atoms. The van der Waals surface area contributed by atoms with Gasteiger partial charge < -0.3 is 10.4 Å². The number of aliphatic hydroxyl groups excluding tert-OH is 1. The SMILES string of the molecule is Cl.Cl.O=C1CCC(n2c(=O)n3c4c(c(CN5CCNCC5)ccc42)CCC3)C(=O)N1CO. The summed E-state index contributed by atoms with van der Waals surface area (Å²) in [5.41, 5.74) is 3.93. The summed E-state index contributed by atoms with van der Waals surface area (Å²) in [6.07, 6.45) is 2.24. The Morgan fingerprint density at radius 3 is 2.50 bits per heavy atom. The van der Waals surface area contributed by atoms with E-state index >= 15 is 0 Å². The molecule has 2 N–H and O–H groups in total. The number of carbonyl (C=O) groups excluding carboxylic acids is 2. The molecule has 5 rings (SSSR count). The van der Waals surface area contributed by atoms with E-state index in [0.29, 0.717) is 6.54 Å². The van der Waals surface area contributed by atoms with Crippen molar-refractivity contribution < 1.29 is 14.7 Å². The Morgan fingerprint density at radius 1 is 1.03 bits per heavy atom. The molecule has 32 heavy (non-hydrogen) atoms. The van der Waals surface area contributed by atoms with Gasteiger partial charge in [-0.25, -0.2) is 4.79 Å². The number of aromatic nitrogens is 2. The largest absolute Gasteiger partial charge is 0.376 e. The third kappa shape index (κ3) is 3.97. The molecule has 1 unspecified atom stereocenters. The molecule has 1 aromatic carbocycles. The second-order valence-corrected chi connectivity index (χ2v) is 8.36. The molecule has 3 aliphatic rings. The minimum Gasteiger partial charge on any atom is -0.376 e. The van der Waals surface area contributed by atoms with Gasteiger partial charge in [0.25, 0.3) is 5.91 Å². The van der Waals surface area contributed by atoms with Crippen LogP contribution in [0.3, 0.4) is 0 Å². The average molecular weight is 486 g/mol. The van der Waals surface area contributed by atoms with E-state index in [9.17, 15) is 19.5 Å². The van der Waals surface area contributed by atoms with Gasteiger partial charge in [-0.05, 0) is 36.5 Å². The lowest BCUT2D eigenvalue weighted by Gasteiger charge is -2.30. The van der Waals surface area contributed by atoms with Crippen LogP contribution >= 0.6 is 24.8 Å². The van der Waals surface area contributed by atoms with Gasteiger partial charge in [0.2, 0.25) is 5.91 Å². The van der Waals surface area contributed by atoms with Crippen LogP contribution in [0.15, 0.2) is 16.9 Å². The molecule has 1 aromatic heterocycles. The fourth-order valence-corrected chi connectivity index (χ4v) is 5.16. The van der Waals surface area contributed by atoms with Crippen LogP contribution in [-0.2, 0) is 29.1 Å². The predicted molar refractivity (Wildman–Crippen MR) is 124 cm³/mol. The van der Waals surface area contributed by atoms with Gasteiger partial charge in [-0.1, -0.05) is 6.07 Å². The van der Waals surface area contributed by atoms with Crippen molar-refractivity contribution in [3.05, 3.63) is 33.7 Å². The average Bonchev–Trinajstić information content (AvgIpc) is 3.05.